The lowest BCUT2D eigenvalue weighted by Gasteiger charge is -2.32. The quantitative estimate of drug-likeness (QED) is 0.365. The third kappa shape index (κ3) is 5.84. The molecule has 35 heavy (non-hydrogen) atoms. The Bertz CT molecular complexity index is 1150. The first-order valence-corrected chi connectivity index (χ1v) is 12.8. The van der Waals surface area contributed by atoms with Gasteiger partial charge in [0.05, 0.1) is 17.9 Å². The Morgan fingerprint density at radius 3 is 2.60 bits per heavy atom. The standard InChI is InChI=1S/C28H35F2N3O2/c1-32(2)17-23-26(34-18-20-6-7-20)11-9-22-25(31-35-28(22)23)10-8-19-12-14-33(15-13-19)16-21-4-3-5-24(29)27(21)30/h3-5,9,11,19-20H,6-8,10,12-18H2,1-2H3. The summed E-state index contributed by atoms with van der Waals surface area (Å²) in [5.74, 6) is 0.706. The van der Waals surface area contributed by atoms with E-state index in [4.69, 9.17) is 9.26 Å². The van der Waals surface area contributed by atoms with Gasteiger partial charge in [-0.3, -0.25) is 4.90 Å². The average Bonchev–Trinajstić information content (AvgIpc) is 3.58. The van der Waals surface area contributed by atoms with E-state index in [-0.39, 0.29) is 0 Å². The summed E-state index contributed by atoms with van der Waals surface area (Å²) in [5.41, 5.74) is 3.36. The summed E-state index contributed by atoms with van der Waals surface area (Å²) < 4.78 is 39.5. The van der Waals surface area contributed by atoms with Crippen molar-refractivity contribution >= 4 is 11.0 Å². The highest BCUT2D eigenvalue weighted by atomic mass is 19.2. The molecule has 0 N–H and O–H groups in total. The number of hydrogen-bond acceptors (Lipinski definition) is 5. The molecule has 0 unspecified atom stereocenters. The summed E-state index contributed by atoms with van der Waals surface area (Å²) in [6.07, 6.45) is 6.55. The lowest BCUT2D eigenvalue weighted by atomic mass is 9.91. The van der Waals surface area contributed by atoms with Crippen LogP contribution in [0, 0.1) is 23.5 Å². The minimum Gasteiger partial charge on any atom is -0.493 e. The third-order valence-corrected chi connectivity index (χ3v) is 7.34. The number of hydrogen-bond donors (Lipinski definition) is 0. The van der Waals surface area contributed by atoms with Crippen LogP contribution in [0.3, 0.4) is 0 Å². The number of nitrogens with zero attached hydrogens (tertiary/aromatic N) is 3. The molecule has 0 amide bonds. The zero-order valence-corrected chi connectivity index (χ0v) is 20.7. The smallest absolute Gasteiger partial charge is 0.175 e. The molecule has 1 aliphatic heterocycles. The van der Waals surface area contributed by atoms with E-state index in [0.29, 0.717) is 23.9 Å². The lowest BCUT2D eigenvalue weighted by molar-refractivity contribution is 0.170. The van der Waals surface area contributed by atoms with E-state index < -0.39 is 11.6 Å². The molecule has 1 aliphatic carbocycles. The molecule has 7 heteroatoms. The number of likely N-dealkylation sites (tertiary alicyclic amines) is 1. The van der Waals surface area contributed by atoms with E-state index in [1.807, 2.05) is 0 Å². The largest absolute Gasteiger partial charge is 0.493 e. The summed E-state index contributed by atoms with van der Waals surface area (Å²) in [5, 5.41) is 5.53. The predicted molar refractivity (Wildman–Crippen MR) is 132 cm³/mol. The van der Waals surface area contributed by atoms with Crippen LogP contribution in [0.2, 0.25) is 0 Å². The summed E-state index contributed by atoms with van der Waals surface area (Å²) in [4.78, 5) is 4.35. The average molecular weight is 484 g/mol. The first kappa shape index (κ1) is 24.2. The molecule has 0 spiro atoms. The van der Waals surface area contributed by atoms with Gasteiger partial charge in [0.15, 0.2) is 17.2 Å². The van der Waals surface area contributed by atoms with Crippen LogP contribution in [0.15, 0.2) is 34.9 Å². The minimum absolute atomic E-state index is 0.437. The van der Waals surface area contributed by atoms with E-state index >= 15 is 0 Å². The van der Waals surface area contributed by atoms with Gasteiger partial charge >= 0.3 is 0 Å². The van der Waals surface area contributed by atoms with Gasteiger partial charge < -0.3 is 14.2 Å². The summed E-state index contributed by atoms with van der Waals surface area (Å²) >= 11 is 0. The SMILES string of the molecule is CN(C)Cc1c(OCC2CC2)ccc2c(CCC3CCN(Cc4cccc(F)c4F)CC3)noc12. The number of aromatic nitrogens is 1. The van der Waals surface area contributed by atoms with E-state index in [1.54, 1.807) is 12.1 Å². The van der Waals surface area contributed by atoms with Gasteiger partial charge in [0.2, 0.25) is 0 Å². The lowest BCUT2D eigenvalue weighted by Crippen LogP contribution is -2.33. The van der Waals surface area contributed by atoms with Crippen molar-refractivity contribution in [2.75, 3.05) is 33.8 Å². The molecule has 188 valence electrons. The second-order valence-corrected chi connectivity index (χ2v) is 10.5. The van der Waals surface area contributed by atoms with Crippen LogP contribution in [0.5, 0.6) is 5.75 Å². The van der Waals surface area contributed by atoms with Gasteiger partial charge in [-0.15, -0.1) is 0 Å². The topological polar surface area (TPSA) is 41.7 Å². The van der Waals surface area contributed by atoms with E-state index in [0.717, 1.165) is 79.9 Å². The maximum Gasteiger partial charge on any atom is 0.175 e. The maximum absolute atomic E-state index is 14.0. The number of rotatable bonds is 10. The van der Waals surface area contributed by atoms with Crippen LogP contribution < -0.4 is 4.74 Å². The molecule has 2 aliphatic rings. The van der Waals surface area contributed by atoms with Crippen molar-refractivity contribution in [3.05, 3.63) is 58.8 Å². The third-order valence-electron chi connectivity index (χ3n) is 7.34. The fraction of sp³-hybridized carbons (Fsp3) is 0.536. The molecule has 0 atom stereocenters. The van der Waals surface area contributed by atoms with Crippen LogP contribution in [0.1, 0.15) is 48.9 Å². The molecule has 2 aromatic carbocycles. The predicted octanol–water partition coefficient (Wildman–Crippen LogP) is 5.80. The summed E-state index contributed by atoms with van der Waals surface area (Å²) in [6, 6.07) is 8.60. The molecule has 5 nitrogen and oxygen atoms in total. The van der Waals surface area contributed by atoms with Crippen LogP contribution in [-0.4, -0.2) is 48.7 Å². The monoisotopic (exact) mass is 483 g/mol. The number of ether oxygens (including phenoxy) is 1. The Balaban J connectivity index is 1.19. The van der Waals surface area contributed by atoms with Gasteiger partial charge in [0.1, 0.15) is 5.75 Å². The van der Waals surface area contributed by atoms with Crippen LogP contribution in [0.25, 0.3) is 11.0 Å². The van der Waals surface area contributed by atoms with Crippen LogP contribution in [0.4, 0.5) is 8.78 Å². The van der Waals surface area contributed by atoms with Gasteiger partial charge in [-0.05, 0) is 95.7 Å². The fourth-order valence-electron chi connectivity index (χ4n) is 5.05. The van der Waals surface area contributed by atoms with Crippen molar-refractivity contribution in [1.29, 1.82) is 0 Å². The van der Waals surface area contributed by atoms with Crippen molar-refractivity contribution in [1.82, 2.24) is 15.0 Å². The Kier molecular flexibility index (Phi) is 7.35. The van der Waals surface area contributed by atoms with Gasteiger partial charge in [0.25, 0.3) is 0 Å². The maximum atomic E-state index is 14.0. The molecule has 1 saturated carbocycles. The van der Waals surface area contributed by atoms with Crippen LogP contribution in [-0.2, 0) is 19.5 Å². The Morgan fingerprint density at radius 1 is 1.06 bits per heavy atom. The zero-order chi connectivity index (χ0) is 24.4. The Hall–Kier alpha value is -2.51. The normalized spacial score (nSPS) is 17.5. The number of piperidine rings is 1. The summed E-state index contributed by atoms with van der Waals surface area (Å²) in [6.45, 7) is 3.78. The second-order valence-electron chi connectivity index (χ2n) is 10.5. The Labute approximate surface area is 206 Å². The van der Waals surface area contributed by atoms with Crippen LogP contribution >= 0.6 is 0 Å². The van der Waals surface area contributed by atoms with Crippen molar-refractivity contribution in [3.8, 4) is 5.75 Å². The highest BCUT2D eigenvalue weighted by Crippen LogP contribution is 2.35. The molecule has 3 aromatic rings. The fourth-order valence-corrected chi connectivity index (χ4v) is 5.05. The van der Waals surface area contributed by atoms with Crippen molar-refractivity contribution in [3.63, 3.8) is 0 Å². The van der Waals surface area contributed by atoms with Crippen molar-refractivity contribution in [2.24, 2.45) is 11.8 Å². The molecular formula is C28H35F2N3O2. The highest BCUT2D eigenvalue weighted by molar-refractivity contribution is 5.84. The Morgan fingerprint density at radius 2 is 1.86 bits per heavy atom. The van der Waals surface area contributed by atoms with E-state index in [1.165, 1.54) is 18.9 Å². The van der Waals surface area contributed by atoms with Gasteiger partial charge in [-0.1, -0.05) is 17.3 Å². The van der Waals surface area contributed by atoms with Gasteiger partial charge in [0, 0.05) is 24.0 Å². The highest BCUT2D eigenvalue weighted by Gasteiger charge is 2.25. The van der Waals surface area contributed by atoms with E-state index in [2.05, 4.69) is 41.2 Å². The second kappa shape index (κ2) is 10.6. The first-order valence-electron chi connectivity index (χ1n) is 12.8. The summed E-state index contributed by atoms with van der Waals surface area (Å²) in [7, 11) is 4.10. The number of aryl methyl sites for hydroxylation is 1. The van der Waals surface area contributed by atoms with Gasteiger partial charge in [-0.2, -0.15) is 0 Å². The molecule has 1 saturated heterocycles. The molecule has 0 bridgehead atoms. The van der Waals surface area contributed by atoms with Crippen molar-refractivity contribution in [2.45, 2.75) is 51.6 Å². The first-order chi connectivity index (χ1) is 17.0. The van der Waals surface area contributed by atoms with E-state index in [9.17, 15) is 8.78 Å². The number of benzene rings is 2. The zero-order valence-electron chi connectivity index (χ0n) is 20.7. The van der Waals surface area contributed by atoms with Gasteiger partial charge in [-0.25, -0.2) is 8.78 Å². The molecule has 1 aromatic heterocycles. The molecule has 2 heterocycles. The number of halogens is 2. The molecule has 5 rings (SSSR count). The van der Waals surface area contributed by atoms with Crippen molar-refractivity contribution < 1.29 is 18.0 Å². The minimum atomic E-state index is -0.771. The molecular weight excluding hydrogens is 448 g/mol. The number of fused-ring (bicyclic) bond motifs is 1. The molecule has 2 fully saturated rings. The molecule has 0 radical (unpaired) electrons.